The number of benzene rings is 1. The van der Waals surface area contributed by atoms with Crippen molar-refractivity contribution in [3.63, 3.8) is 0 Å². The molecule has 1 rings (SSSR count). The first-order valence-electron chi connectivity index (χ1n) is 6.14. The lowest BCUT2D eigenvalue weighted by Gasteiger charge is -2.10. The smallest absolute Gasteiger partial charge is 0.126 e. The molecule has 0 saturated heterocycles. The summed E-state index contributed by atoms with van der Waals surface area (Å²) in [5.41, 5.74) is 3.76. The second-order valence-corrected chi connectivity index (χ2v) is 4.59. The molecule has 2 heteroatoms. The number of ether oxygens (including phenoxy) is 1. The molecule has 1 aromatic rings. The molecule has 0 aliphatic rings. The average Bonchev–Trinajstić information content (AvgIpc) is 2.33. The zero-order valence-corrected chi connectivity index (χ0v) is 11.3. The van der Waals surface area contributed by atoms with Crippen LogP contribution in [0.1, 0.15) is 30.4 Å². The van der Waals surface area contributed by atoms with Gasteiger partial charge in [-0.15, -0.1) is 0 Å². The minimum atomic E-state index is -0.175. The third-order valence-electron chi connectivity index (χ3n) is 2.91. The first-order valence-corrected chi connectivity index (χ1v) is 6.14. The van der Waals surface area contributed by atoms with Gasteiger partial charge in [-0.1, -0.05) is 24.8 Å². The van der Waals surface area contributed by atoms with Gasteiger partial charge in [-0.3, -0.25) is 0 Å². The van der Waals surface area contributed by atoms with E-state index in [1.54, 1.807) is 20.1 Å². The van der Waals surface area contributed by atoms with Crippen LogP contribution in [0.15, 0.2) is 36.9 Å². The third kappa shape index (κ3) is 4.46. The second kappa shape index (κ2) is 7.12. The van der Waals surface area contributed by atoms with Crippen LogP contribution < -0.4 is 0 Å². The van der Waals surface area contributed by atoms with Crippen LogP contribution in [0.2, 0.25) is 0 Å². The summed E-state index contributed by atoms with van der Waals surface area (Å²) < 4.78 is 18.2. The van der Waals surface area contributed by atoms with Crippen LogP contribution in [0.5, 0.6) is 0 Å². The summed E-state index contributed by atoms with van der Waals surface area (Å²) in [6.45, 7) is 10.6. The molecule has 0 aliphatic carbocycles. The number of hydrogen-bond donors (Lipinski definition) is 0. The molecule has 0 atom stereocenters. The predicted molar refractivity (Wildman–Crippen MR) is 75.0 cm³/mol. The average molecular weight is 248 g/mol. The second-order valence-electron chi connectivity index (χ2n) is 4.59. The molecule has 98 valence electrons. The van der Waals surface area contributed by atoms with Gasteiger partial charge < -0.3 is 4.74 Å². The molecular formula is C16H21FO. The fourth-order valence-corrected chi connectivity index (χ4v) is 1.82. The summed E-state index contributed by atoms with van der Waals surface area (Å²) in [4.78, 5) is 0. The highest BCUT2D eigenvalue weighted by atomic mass is 19.1. The van der Waals surface area contributed by atoms with Crippen molar-refractivity contribution in [3.05, 3.63) is 53.9 Å². The molecule has 0 fully saturated rings. The van der Waals surface area contributed by atoms with Crippen molar-refractivity contribution < 1.29 is 9.13 Å². The molecule has 0 N–H and O–H groups in total. The van der Waals surface area contributed by atoms with Gasteiger partial charge in [-0.05, 0) is 55.0 Å². The molecule has 0 bridgehead atoms. The van der Waals surface area contributed by atoms with Gasteiger partial charge in [0.1, 0.15) is 5.82 Å². The Kier molecular flexibility index (Phi) is 5.79. The van der Waals surface area contributed by atoms with Crippen molar-refractivity contribution in [1.82, 2.24) is 0 Å². The Morgan fingerprint density at radius 2 is 2.06 bits per heavy atom. The first kappa shape index (κ1) is 14.7. The van der Waals surface area contributed by atoms with Crippen molar-refractivity contribution in [2.24, 2.45) is 0 Å². The molecule has 0 amide bonds. The van der Waals surface area contributed by atoms with Crippen molar-refractivity contribution in [2.75, 3.05) is 13.7 Å². The van der Waals surface area contributed by atoms with Crippen LogP contribution in [-0.4, -0.2) is 13.7 Å². The topological polar surface area (TPSA) is 9.23 Å². The van der Waals surface area contributed by atoms with Gasteiger partial charge in [0.05, 0.1) is 0 Å². The Balaban J connectivity index is 2.54. The van der Waals surface area contributed by atoms with Crippen LogP contribution in [-0.2, 0) is 4.74 Å². The van der Waals surface area contributed by atoms with Crippen LogP contribution in [0.3, 0.4) is 0 Å². The SMILES string of the molecule is C=C(CCCOC)CC(=C)c1ccc(F)c(C)c1. The largest absolute Gasteiger partial charge is 0.385 e. The molecule has 0 aliphatic heterocycles. The molecule has 0 spiro atoms. The van der Waals surface area contributed by atoms with Gasteiger partial charge in [0.25, 0.3) is 0 Å². The number of allylic oxidation sites excluding steroid dienone is 2. The van der Waals surface area contributed by atoms with E-state index in [0.29, 0.717) is 5.56 Å². The van der Waals surface area contributed by atoms with Crippen molar-refractivity contribution >= 4 is 5.57 Å². The fourth-order valence-electron chi connectivity index (χ4n) is 1.82. The number of halogens is 1. The number of rotatable bonds is 7. The van der Waals surface area contributed by atoms with Gasteiger partial charge in [-0.25, -0.2) is 4.39 Å². The summed E-state index contributed by atoms with van der Waals surface area (Å²) in [7, 11) is 1.70. The maximum Gasteiger partial charge on any atom is 0.126 e. The van der Waals surface area contributed by atoms with E-state index < -0.39 is 0 Å². The highest BCUT2D eigenvalue weighted by Gasteiger charge is 2.04. The molecular weight excluding hydrogens is 227 g/mol. The maximum atomic E-state index is 13.2. The molecule has 0 saturated carbocycles. The Morgan fingerprint density at radius 1 is 1.33 bits per heavy atom. The first-order chi connectivity index (χ1) is 8.54. The summed E-state index contributed by atoms with van der Waals surface area (Å²) in [5, 5.41) is 0. The fraction of sp³-hybridized carbons (Fsp3) is 0.375. The highest BCUT2D eigenvalue weighted by molar-refractivity contribution is 5.65. The summed E-state index contributed by atoms with van der Waals surface area (Å²) >= 11 is 0. The molecule has 18 heavy (non-hydrogen) atoms. The van der Waals surface area contributed by atoms with Crippen molar-refractivity contribution in [1.29, 1.82) is 0 Å². The van der Waals surface area contributed by atoms with Crippen LogP contribution in [0.25, 0.3) is 5.57 Å². The molecule has 0 unspecified atom stereocenters. The van der Waals surface area contributed by atoms with E-state index >= 15 is 0 Å². The quantitative estimate of drug-likeness (QED) is 0.509. The van der Waals surface area contributed by atoms with E-state index in [9.17, 15) is 4.39 Å². The Hall–Kier alpha value is -1.41. The number of aryl methyl sites for hydroxylation is 1. The lowest BCUT2D eigenvalue weighted by Crippen LogP contribution is -1.93. The number of hydrogen-bond acceptors (Lipinski definition) is 1. The maximum absolute atomic E-state index is 13.2. The Morgan fingerprint density at radius 3 is 2.67 bits per heavy atom. The molecule has 0 aromatic heterocycles. The van der Waals surface area contributed by atoms with E-state index in [1.165, 1.54) is 6.07 Å². The predicted octanol–water partition coefficient (Wildman–Crippen LogP) is 4.52. The summed E-state index contributed by atoms with van der Waals surface area (Å²) in [6.07, 6.45) is 2.67. The van der Waals surface area contributed by atoms with Crippen LogP contribution in [0.4, 0.5) is 4.39 Å². The lowest BCUT2D eigenvalue weighted by atomic mass is 9.97. The zero-order chi connectivity index (χ0) is 13.5. The van der Waals surface area contributed by atoms with Crippen LogP contribution >= 0.6 is 0 Å². The van der Waals surface area contributed by atoms with E-state index in [0.717, 1.165) is 42.6 Å². The normalized spacial score (nSPS) is 10.4. The molecule has 0 radical (unpaired) electrons. The minimum absolute atomic E-state index is 0.175. The highest BCUT2D eigenvalue weighted by Crippen LogP contribution is 2.23. The van der Waals surface area contributed by atoms with E-state index in [-0.39, 0.29) is 5.82 Å². The van der Waals surface area contributed by atoms with E-state index in [2.05, 4.69) is 13.2 Å². The van der Waals surface area contributed by atoms with Gasteiger partial charge in [0.15, 0.2) is 0 Å². The zero-order valence-electron chi connectivity index (χ0n) is 11.3. The lowest BCUT2D eigenvalue weighted by molar-refractivity contribution is 0.195. The van der Waals surface area contributed by atoms with Gasteiger partial charge in [0.2, 0.25) is 0 Å². The molecule has 1 aromatic carbocycles. The van der Waals surface area contributed by atoms with E-state index in [4.69, 9.17) is 4.74 Å². The van der Waals surface area contributed by atoms with Crippen molar-refractivity contribution in [3.8, 4) is 0 Å². The van der Waals surface area contributed by atoms with Gasteiger partial charge in [0, 0.05) is 13.7 Å². The molecule has 1 nitrogen and oxygen atoms in total. The standard InChI is InChI=1S/C16H21FO/c1-12(6-5-9-18-4)10-13(2)15-7-8-16(17)14(3)11-15/h7-8,11H,1-2,5-6,9-10H2,3-4H3. The van der Waals surface area contributed by atoms with Crippen LogP contribution in [0, 0.1) is 12.7 Å². The Labute approximate surface area is 109 Å². The Bertz CT molecular complexity index is 435. The van der Waals surface area contributed by atoms with Gasteiger partial charge in [-0.2, -0.15) is 0 Å². The minimum Gasteiger partial charge on any atom is -0.385 e. The van der Waals surface area contributed by atoms with E-state index in [1.807, 2.05) is 6.07 Å². The summed E-state index contributed by atoms with van der Waals surface area (Å²) in [5.74, 6) is -0.175. The van der Waals surface area contributed by atoms with Crippen molar-refractivity contribution in [2.45, 2.75) is 26.2 Å². The monoisotopic (exact) mass is 248 g/mol. The van der Waals surface area contributed by atoms with Gasteiger partial charge >= 0.3 is 0 Å². The number of methoxy groups -OCH3 is 1. The molecule has 0 heterocycles. The third-order valence-corrected chi connectivity index (χ3v) is 2.91. The summed E-state index contributed by atoms with van der Waals surface area (Å²) in [6, 6.07) is 5.09.